The Morgan fingerprint density at radius 1 is 0.193 bits per heavy atom. The first-order chi connectivity index (χ1) is 69.6. The molecule has 7 aromatic rings. The molecule has 42 nitrogen and oxygen atoms in total. The lowest BCUT2D eigenvalue weighted by Crippen LogP contribution is -2.35. The summed E-state index contributed by atoms with van der Waals surface area (Å²) in [4.78, 5) is 286. The van der Waals surface area contributed by atoms with E-state index in [4.69, 9.17) is 43.6 Å². The van der Waals surface area contributed by atoms with Crippen LogP contribution in [0.4, 0.5) is 39.8 Å². The zero-order valence-electron chi connectivity index (χ0n) is 82.2. The Morgan fingerprint density at radius 3 is 0.524 bits per heavy atom. The number of benzene rings is 7. The van der Waals surface area contributed by atoms with Gasteiger partial charge in [-0.1, -0.05) is 107 Å². The van der Waals surface area contributed by atoms with Crippen LogP contribution >= 0.6 is 0 Å². The smallest absolute Gasteiger partial charge is 0.338 e. The number of unbranched alkanes of at least 4 members (excludes halogenated alkanes) is 8. The Labute approximate surface area is 836 Å². The number of anilines is 7. The Hall–Kier alpha value is -16.4. The minimum Gasteiger partial charge on any atom is -0.462 e. The fourth-order valence-corrected chi connectivity index (χ4v) is 12.9. The van der Waals surface area contributed by atoms with Gasteiger partial charge in [0.05, 0.1) is 137 Å². The van der Waals surface area contributed by atoms with Crippen LogP contribution in [0.3, 0.4) is 0 Å². The molecule has 12 amide bonds. The summed E-state index contributed by atoms with van der Waals surface area (Å²) in [7, 11) is 0. The molecule has 0 aliphatic heterocycles. The lowest BCUT2D eigenvalue weighted by molar-refractivity contribution is -0.116. The molecule has 0 saturated heterocycles. The minimum absolute atomic E-state index is 0.0554. The highest BCUT2D eigenvalue weighted by Gasteiger charge is 2.27. The number of amides is 12. The second-order valence-corrected chi connectivity index (χ2v) is 32.9. The Morgan fingerprint density at radius 2 is 0.345 bits per heavy atom. The van der Waals surface area contributed by atoms with Gasteiger partial charge >= 0.3 is 47.8 Å². The summed E-state index contributed by atoms with van der Waals surface area (Å²) in [5.41, 5.74) is 1.49. The van der Waals surface area contributed by atoms with E-state index in [-0.39, 0.29) is 159 Å². The third-order valence-electron chi connectivity index (χ3n) is 20.7. The number of ether oxygens (including phenoxy) is 8. The number of esters is 8. The fraction of sp³-hybridized carbons (Fsp3) is 0.388. The lowest BCUT2D eigenvalue weighted by Gasteiger charge is -2.14. The van der Waals surface area contributed by atoms with Crippen LogP contribution in [-0.4, -0.2) is 217 Å². The highest BCUT2D eigenvalue weighted by Crippen LogP contribution is 2.27. The van der Waals surface area contributed by atoms with Crippen molar-refractivity contribution in [1.29, 1.82) is 0 Å². The molecule has 7 aromatic carbocycles. The largest absolute Gasteiger partial charge is 0.462 e. The van der Waals surface area contributed by atoms with Gasteiger partial charge in [0.2, 0.25) is 41.4 Å². The Balaban J connectivity index is 1.12. The monoisotopic (exact) mass is 2010 g/mol. The molecule has 0 heterocycles. The highest BCUT2D eigenvalue weighted by atomic mass is 16.6. The average Bonchev–Trinajstić information content (AvgIpc) is 0.822. The van der Waals surface area contributed by atoms with E-state index < -0.39 is 188 Å². The lowest BCUT2D eigenvalue weighted by atomic mass is 10.0. The third kappa shape index (κ3) is 40.2. The van der Waals surface area contributed by atoms with Gasteiger partial charge in [0.15, 0.2) is 5.78 Å². The van der Waals surface area contributed by atoms with Crippen molar-refractivity contribution in [2.24, 2.45) is 5.73 Å². The summed E-state index contributed by atoms with van der Waals surface area (Å²) in [6.07, 6.45) is 8.51. The minimum atomic E-state index is -1.06. The van der Waals surface area contributed by atoms with Gasteiger partial charge in [-0.15, -0.1) is 0 Å². The zero-order chi connectivity index (χ0) is 106. The number of hydrogen-bond donors (Lipinski definition) is 13. The number of hydrogen-bond acceptors (Lipinski definition) is 30. The average molecular weight is 2010 g/mol. The van der Waals surface area contributed by atoms with E-state index in [0.717, 1.165) is 54.6 Å². The molecule has 0 atom stereocenters. The molecule has 0 spiro atoms. The maximum atomic E-state index is 14.3. The summed E-state index contributed by atoms with van der Waals surface area (Å²) in [6, 6.07) is 24.6. The predicted octanol–water partition coefficient (Wildman–Crippen LogP) is 11.7. The summed E-state index contributed by atoms with van der Waals surface area (Å²) >= 11 is 0. The molecule has 0 aromatic heterocycles. The van der Waals surface area contributed by atoms with E-state index in [9.17, 15) is 101 Å². The number of carbonyl (C=O) groups excluding carboxylic acids is 21. The van der Waals surface area contributed by atoms with Crippen LogP contribution in [0.1, 0.15) is 316 Å². The van der Waals surface area contributed by atoms with E-state index >= 15 is 0 Å². The van der Waals surface area contributed by atoms with Crippen molar-refractivity contribution in [2.75, 3.05) is 129 Å². The number of rotatable bonds is 59. The molecule has 7 rings (SSSR count). The predicted molar refractivity (Wildman–Crippen MR) is 531 cm³/mol. The molecule has 0 unspecified atom stereocenters. The van der Waals surface area contributed by atoms with Crippen molar-refractivity contribution in [3.8, 4) is 0 Å². The van der Waals surface area contributed by atoms with E-state index in [1.807, 2.05) is 55.4 Å². The molecule has 0 saturated carbocycles. The van der Waals surface area contributed by atoms with Crippen LogP contribution in [0.15, 0.2) is 127 Å². The quantitative estimate of drug-likeness (QED) is 0.00729. The van der Waals surface area contributed by atoms with Crippen molar-refractivity contribution >= 4 is 164 Å². The van der Waals surface area contributed by atoms with E-state index in [2.05, 4.69) is 63.8 Å². The van der Waals surface area contributed by atoms with Crippen LogP contribution < -0.4 is 69.5 Å². The van der Waals surface area contributed by atoms with Gasteiger partial charge in [-0.2, -0.15) is 0 Å². The molecular weight excluding hydrogens is 1880 g/mol. The van der Waals surface area contributed by atoms with Crippen LogP contribution in [0.2, 0.25) is 0 Å². The zero-order valence-corrected chi connectivity index (χ0v) is 82.2. The molecule has 0 radical (unpaired) electrons. The molecule has 145 heavy (non-hydrogen) atoms. The molecule has 14 N–H and O–H groups in total. The maximum Gasteiger partial charge on any atom is 0.338 e. The molecule has 42 heteroatoms. The molecule has 0 fully saturated rings. The van der Waals surface area contributed by atoms with Gasteiger partial charge in [0.25, 0.3) is 29.5 Å². The number of ketones is 1. The topological polar surface area (TPSA) is 603 Å². The molecule has 774 valence electrons. The van der Waals surface area contributed by atoms with Crippen LogP contribution in [0.25, 0.3) is 0 Å². The standard InChI is InChI=1S/C103H123N13O29/c1-9-17-27-138-96(130)68-38-69(97(131)139-28-18-10-2)49-79(48-68)113-87(121)58-106-92(126)64-36-65(93(127)107-59-88(122)114-80-50-70(98(132)140-29-19-11-3)39-71(51-80)99(133)141-30-20-12-4)45-77(44-64)110-84(118)26-25-83(117)62-35-63(43-76(42-62)111-85(119)56-104)91(125)105-57-86(120)112-78-46-66(94(128)108-60-89(123)115-81-52-72(100(134)142-31-21-13-5)40-73(53-81)101(135)143-32-22-14-6)37-67(47-78)95(129)109-61-90(124)116-82-54-74(102(136)144-33-23-15-7)41-75(55-82)103(137)145-34-24-16-8/h35-55H,9-34,56-61,104H2,1-8H3,(H,105,125)(H,106,126)(H,107,127)(H,108,128)(H,109,129)(H,110,118)(H,111,119)(H,112,120)(H,113,121)(H,114,122)(H,115,123)(H,116,124). The maximum absolute atomic E-state index is 14.3. The van der Waals surface area contributed by atoms with Crippen LogP contribution in [0, 0.1) is 0 Å². The van der Waals surface area contributed by atoms with Gasteiger partial charge < -0.3 is 107 Å². The Kier molecular flexibility index (Phi) is 48.9. The molecule has 0 aliphatic carbocycles. The summed E-state index contributed by atoms with van der Waals surface area (Å²) in [5.74, 6) is -18.9. The normalized spacial score (nSPS) is 10.6. The second kappa shape index (κ2) is 61.3. The number of nitrogens with one attached hydrogen (secondary N) is 12. The van der Waals surface area contributed by atoms with Crippen LogP contribution in [-0.2, 0) is 71.5 Å². The van der Waals surface area contributed by atoms with Crippen molar-refractivity contribution < 1.29 is 139 Å². The van der Waals surface area contributed by atoms with Crippen molar-refractivity contribution in [3.05, 3.63) is 205 Å². The first-order valence-electron chi connectivity index (χ1n) is 47.8. The number of carbonyl (C=O) groups is 21. The third-order valence-corrected chi connectivity index (χ3v) is 20.7. The first-order valence-corrected chi connectivity index (χ1v) is 47.8. The number of Topliss-reactive ketones (excluding diaryl/α,β-unsaturated/α-hetero) is 1. The molecule has 0 aliphatic rings. The second-order valence-electron chi connectivity index (χ2n) is 32.9. The summed E-state index contributed by atoms with van der Waals surface area (Å²) in [6.45, 7) is 10.8. The van der Waals surface area contributed by atoms with E-state index in [1.54, 1.807) is 0 Å². The van der Waals surface area contributed by atoms with E-state index in [1.165, 1.54) is 72.8 Å². The fourth-order valence-electron chi connectivity index (χ4n) is 12.9. The van der Waals surface area contributed by atoms with Gasteiger partial charge in [-0.25, -0.2) is 38.4 Å². The molecular formula is C103H123N13O29. The van der Waals surface area contributed by atoms with Gasteiger partial charge in [0, 0.05) is 86.0 Å². The SMILES string of the molecule is CCCCOC(=O)c1cc(NC(=O)CNC(=O)c2cc(NC(=O)CCC(=O)c3cc(NC(=O)CN)cc(C(=O)NCC(=O)Nc4cc(C(=O)NCC(=O)Nc5cc(C(=O)OCCCC)cc(C(=O)OCCCC)c5)cc(C(=O)NCC(=O)Nc5cc(C(=O)OCCCC)cc(C(=O)OCCCC)c5)c4)c3)cc(C(=O)NCC(=O)Nc3cc(C(=O)OCCCC)cc(C(=O)OCCCC)c3)c2)cc(C(=O)OCCCC)c1. The summed E-state index contributed by atoms with van der Waals surface area (Å²) in [5, 5.41) is 29.5. The number of nitrogens with two attached hydrogens (primary N) is 1. The van der Waals surface area contributed by atoms with Crippen molar-refractivity contribution in [1.82, 2.24) is 26.6 Å². The van der Waals surface area contributed by atoms with Gasteiger partial charge in [-0.05, 0) is 179 Å². The summed E-state index contributed by atoms with van der Waals surface area (Å²) < 4.78 is 42.9. The van der Waals surface area contributed by atoms with Gasteiger partial charge in [-0.3, -0.25) is 62.3 Å². The van der Waals surface area contributed by atoms with Crippen LogP contribution in [0.5, 0.6) is 0 Å². The molecule has 0 bridgehead atoms. The van der Waals surface area contributed by atoms with Gasteiger partial charge in [0.1, 0.15) is 0 Å². The highest BCUT2D eigenvalue weighted by molar-refractivity contribution is 6.12. The Bertz CT molecular complexity index is 5120. The first kappa shape index (κ1) is 116. The van der Waals surface area contributed by atoms with Crippen molar-refractivity contribution in [3.63, 3.8) is 0 Å². The van der Waals surface area contributed by atoms with E-state index in [0.29, 0.717) is 103 Å². The van der Waals surface area contributed by atoms with Crippen molar-refractivity contribution in [2.45, 2.75) is 171 Å².